The molecule has 0 saturated heterocycles. The SMILES string of the molecule is O=C(O)C(F)(F)F.O=C(O)C(F)(F)F.c1cncc(OCC2CN(Cc3ccc4c(c3)OCO4)Cc3ccnn32)c1. The van der Waals surface area contributed by atoms with Gasteiger partial charge < -0.3 is 24.4 Å². The fourth-order valence-corrected chi connectivity index (χ4v) is 3.63. The van der Waals surface area contributed by atoms with Crippen LogP contribution in [0.2, 0.25) is 0 Å². The number of hydrogen-bond donors (Lipinski definition) is 2. The van der Waals surface area contributed by atoms with Crippen LogP contribution in [0.25, 0.3) is 0 Å². The molecule has 17 heteroatoms. The number of hydrogen-bond acceptors (Lipinski definition) is 8. The van der Waals surface area contributed by atoms with E-state index in [4.69, 9.17) is 34.0 Å². The lowest BCUT2D eigenvalue weighted by molar-refractivity contribution is -0.193. The van der Waals surface area contributed by atoms with Crippen molar-refractivity contribution in [3.8, 4) is 17.2 Å². The van der Waals surface area contributed by atoms with Crippen LogP contribution in [-0.4, -0.2) is 74.1 Å². The van der Waals surface area contributed by atoms with Gasteiger partial charge >= 0.3 is 24.3 Å². The highest BCUT2D eigenvalue weighted by atomic mass is 19.4. The number of benzene rings is 1. The van der Waals surface area contributed by atoms with Crippen molar-refractivity contribution in [1.29, 1.82) is 0 Å². The summed E-state index contributed by atoms with van der Waals surface area (Å²) in [5, 5.41) is 18.7. The van der Waals surface area contributed by atoms with Crippen LogP contribution >= 0.6 is 0 Å². The Balaban J connectivity index is 0.000000276. The van der Waals surface area contributed by atoms with Crippen LogP contribution in [0, 0.1) is 0 Å². The molecule has 5 rings (SSSR count). The van der Waals surface area contributed by atoms with E-state index < -0.39 is 24.3 Å². The summed E-state index contributed by atoms with van der Waals surface area (Å²) in [5.74, 6) is -3.09. The monoisotopic (exact) mass is 592 g/mol. The molecule has 1 unspecified atom stereocenters. The molecule has 0 bridgehead atoms. The van der Waals surface area contributed by atoms with E-state index in [-0.39, 0.29) is 6.04 Å². The van der Waals surface area contributed by atoms with Gasteiger partial charge in [-0.2, -0.15) is 31.4 Å². The third-order valence-electron chi connectivity index (χ3n) is 5.36. The Hall–Kier alpha value is -4.54. The van der Waals surface area contributed by atoms with Crippen LogP contribution in [0.5, 0.6) is 17.2 Å². The highest BCUT2D eigenvalue weighted by Gasteiger charge is 2.39. The number of aromatic nitrogens is 3. The van der Waals surface area contributed by atoms with Gasteiger partial charge in [-0.1, -0.05) is 6.07 Å². The van der Waals surface area contributed by atoms with Gasteiger partial charge in [0.1, 0.15) is 12.4 Å². The molecule has 1 aromatic carbocycles. The molecule has 1 atom stereocenters. The number of halogens is 6. The Morgan fingerprint density at radius 1 is 0.976 bits per heavy atom. The van der Waals surface area contributed by atoms with E-state index in [1.807, 2.05) is 24.4 Å². The minimum Gasteiger partial charge on any atom is -0.490 e. The number of fused-ring (bicyclic) bond motifs is 2. The molecule has 3 aromatic rings. The minimum absolute atomic E-state index is 0.151. The molecule has 0 fully saturated rings. The predicted octanol–water partition coefficient (Wildman–Crippen LogP) is 3.91. The predicted molar refractivity (Wildman–Crippen MR) is 125 cm³/mol. The van der Waals surface area contributed by atoms with Gasteiger partial charge in [0.25, 0.3) is 0 Å². The van der Waals surface area contributed by atoms with Crippen molar-refractivity contribution < 1.29 is 60.4 Å². The average Bonchev–Trinajstić information content (AvgIpc) is 3.57. The fraction of sp³-hybridized carbons (Fsp3) is 0.333. The summed E-state index contributed by atoms with van der Waals surface area (Å²) < 4.78 is 82.4. The smallest absolute Gasteiger partial charge is 0.490 e. The van der Waals surface area contributed by atoms with Gasteiger partial charge in [-0.3, -0.25) is 14.6 Å². The summed E-state index contributed by atoms with van der Waals surface area (Å²) in [7, 11) is 0. The Morgan fingerprint density at radius 2 is 1.63 bits per heavy atom. The second-order valence-electron chi connectivity index (χ2n) is 8.38. The van der Waals surface area contributed by atoms with E-state index in [1.165, 1.54) is 11.3 Å². The Morgan fingerprint density at radius 3 is 2.24 bits per heavy atom. The Kier molecular flexibility index (Phi) is 9.99. The summed E-state index contributed by atoms with van der Waals surface area (Å²) in [6.07, 6.45) is -4.83. The lowest BCUT2D eigenvalue weighted by Gasteiger charge is -2.33. The van der Waals surface area contributed by atoms with Gasteiger partial charge in [-0.15, -0.1) is 0 Å². The topological polar surface area (TPSA) is 136 Å². The maximum Gasteiger partial charge on any atom is 0.490 e. The van der Waals surface area contributed by atoms with Gasteiger partial charge in [-0.05, 0) is 35.9 Å². The first-order valence-electron chi connectivity index (χ1n) is 11.5. The quantitative estimate of drug-likeness (QED) is 0.420. The van der Waals surface area contributed by atoms with Crippen molar-refractivity contribution in [2.75, 3.05) is 19.9 Å². The van der Waals surface area contributed by atoms with Crippen molar-refractivity contribution in [2.45, 2.75) is 31.5 Å². The summed E-state index contributed by atoms with van der Waals surface area (Å²) in [4.78, 5) is 24.3. The molecule has 2 aliphatic heterocycles. The molecule has 2 aromatic heterocycles. The Labute approximate surface area is 227 Å². The molecule has 0 amide bonds. The van der Waals surface area contributed by atoms with Gasteiger partial charge in [0.05, 0.1) is 17.9 Å². The molecule has 2 N–H and O–H groups in total. The normalized spacial score (nSPS) is 15.9. The lowest BCUT2D eigenvalue weighted by Crippen LogP contribution is -2.39. The molecule has 222 valence electrons. The lowest BCUT2D eigenvalue weighted by atomic mass is 10.1. The third-order valence-corrected chi connectivity index (χ3v) is 5.36. The number of carboxylic acids is 2. The number of carbonyl (C=O) groups is 2. The van der Waals surface area contributed by atoms with Crippen LogP contribution in [0.4, 0.5) is 26.3 Å². The summed E-state index contributed by atoms with van der Waals surface area (Å²) in [6, 6.07) is 12.2. The largest absolute Gasteiger partial charge is 0.490 e. The number of carboxylic acid groups (broad SMARTS) is 2. The number of aliphatic carboxylic acids is 2. The highest BCUT2D eigenvalue weighted by molar-refractivity contribution is 5.73. The van der Waals surface area contributed by atoms with E-state index in [1.54, 1.807) is 12.4 Å². The number of ether oxygens (including phenoxy) is 3. The first-order valence-corrected chi connectivity index (χ1v) is 11.5. The van der Waals surface area contributed by atoms with Crippen LogP contribution in [0.1, 0.15) is 17.3 Å². The van der Waals surface area contributed by atoms with Crippen molar-refractivity contribution in [1.82, 2.24) is 19.7 Å². The van der Waals surface area contributed by atoms with Gasteiger partial charge in [-0.25, -0.2) is 9.59 Å². The second-order valence-corrected chi connectivity index (χ2v) is 8.38. The maximum atomic E-state index is 10.6. The van der Waals surface area contributed by atoms with E-state index in [9.17, 15) is 26.3 Å². The summed E-state index contributed by atoms with van der Waals surface area (Å²) in [6.45, 7) is 3.42. The fourth-order valence-electron chi connectivity index (χ4n) is 3.63. The second kappa shape index (κ2) is 13.2. The number of pyridine rings is 1. The zero-order valence-corrected chi connectivity index (χ0v) is 20.8. The number of alkyl halides is 6. The highest BCUT2D eigenvalue weighted by Crippen LogP contribution is 2.33. The summed E-state index contributed by atoms with van der Waals surface area (Å²) in [5.41, 5.74) is 2.40. The van der Waals surface area contributed by atoms with Crippen LogP contribution in [-0.2, 0) is 22.7 Å². The van der Waals surface area contributed by atoms with Crippen molar-refractivity contribution in [3.05, 3.63) is 66.2 Å². The van der Waals surface area contributed by atoms with E-state index in [0.717, 1.165) is 36.9 Å². The van der Waals surface area contributed by atoms with Crippen LogP contribution < -0.4 is 14.2 Å². The van der Waals surface area contributed by atoms with Crippen molar-refractivity contribution in [3.63, 3.8) is 0 Å². The molecule has 0 spiro atoms. The summed E-state index contributed by atoms with van der Waals surface area (Å²) >= 11 is 0. The third kappa shape index (κ3) is 9.26. The first-order chi connectivity index (χ1) is 19.2. The van der Waals surface area contributed by atoms with Crippen molar-refractivity contribution >= 4 is 11.9 Å². The zero-order valence-electron chi connectivity index (χ0n) is 20.8. The van der Waals surface area contributed by atoms with Crippen LogP contribution in [0.3, 0.4) is 0 Å². The maximum absolute atomic E-state index is 10.6. The molecule has 0 saturated carbocycles. The van der Waals surface area contributed by atoms with E-state index >= 15 is 0 Å². The van der Waals surface area contributed by atoms with Gasteiger partial charge in [0.15, 0.2) is 11.5 Å². The number of nitrogens with zero attached hydrogens (tertiary/aromatic N) is 4. The van der Waals surface area contributed by atoms with E-state index in [2.05, 4.69) is 37.9 Å². The van der Waals surface area contributed by atoms with Crippen LogP contribution in [0.15, 0.2) is 55.0 Å². The zero-order chi connectivity index (χ0) is 30.2. The van der Waals surface area contributed by atoms with Crippen molar-refractivity contribution in [2.24, 2.45) is 0 Å². The first kappa shape index (κ1) is 31.0. The molecule has 11 nitrogen and oxygen atoms in total. The molecular weight excluding hydrogens is 570 g/mol. The molecule has 41 heavy (non-hydrogen) atoms. The molecule has 2 aliphatic rings. The Bertz CT molecular complexity index is 1290. The van der Waals surface area contributed by atoms with E-state index in [0.29, 0.717) is 13.4 Å². The standard InChI is InChI=1S/C20H20N4O3.2C2HF3O2/c1-2-18(9-21-6-1)25-13-17-12-23(11-16-5-7-22-24(16)17)10-15-3-4-19-20(8-15)27-14-26-19;2*3-2(4,5)1(6)7/h1-9,17H,10-14H2;2*(H,6,7). The average molecular weight is 592 g/mol. The molecule has 0 radical (unpaired) electrons. The van der Waals surface area contributed by atoms with Gasteiger partial charge in [0.2, 0.25) is 6.79 Å². The van der Waals surface area contributed by atoms with Gasteiger partial charge in [0, 0.05) is 32.0 Å². The molecular formula is C24H22F6N4O7. The number of rotatable bonds is 5. The minimum atomic E-state index is -5.08. The molecule has 0 aliphatic carbocycles. The molecule has 4 heterocycles.